The summed E-state index contributed by atoms with van der Waals surface area (Å²) in [5.74, 6) is -0.0794. The molecule has 4 nitrogen and oxygen atoms in total. The number of ketones is 1. The summed E-state index contributed by atoms with van der Waals surface area (Å²) in [4.78, 5) is 23.1. The van der Waals surface area contributed by atoms with Crippen LogP contribution in [0.5, 0.6) is 0 Å². The number of nitrogens with zero attached hydrogens (tertiary/aromatic N) is 1. The highest BCUT2D eigenvalue weighted by Gasteiger charge is 2.26. The summed E-state index contributed by atoms with van der Waals surface area (Å²) in [7, 11) is 0. The van der Waals surface area contributed by atoms with Crippen LogP contribution in [0.25, 0.3) is 21.9 Å². The summed E-state index contributed by atoms with van der Waals surface area (Å²) < 4.78 is 0. The molecule has 4 heteroatoms. The van der Waals surface area contributed by atoms with Crippen LogP contribution in [0.3, 0.4) is 0 Å². The van der Waals surface area contributed by atoms with Crippen LogP contribution in [0.1, 0.15) is 15.9 Å². The molecule has 0 amide bonds. The van der Waals surface area contributed by atoms with E-state index < -0.39 is 4.92 Å². The Balaban J connectivity index is 2.17. The van der Waals surface area contributed by atoms with Gasteiger partial charge in [-0.15, -0.1) is 0 Å². The number of hydrogen-bond donors (Lipinski definition) is 0. The van der Waals surface area contributed by atoms with E-state index in [1.54, 1.807) is 12.1 Å². The van der Waals surface area contributed by atoms with Crippen LogP contribution < -0.4 is 0 Å². The molecule has 0 N–H and O–H groups in total. The molecule has 0 bridgehead atoms. The standard InChI is InChI=1S/C17H9NO3/c19-17-13-8-7-11(18(20)21)9-15(13)12-5-1-3-10-4-2-6-14(17)16(10)12/h1-9H. The van der Waals surface area contributed by atoms with Crippen molar-refractivity contribution in [2.45, 2.75) is 0 Å². The molecule has 0 unspecified atom stereocenters. The fraction of sp³-hybridized carbons (Fsp3) is 0. The van der Waals surface area contributed by atoms with Crippen molar-refractivity contribution in [3.8, 4) is 11.1 Å². The summed E-state index contributed by atoms with van der Waals surface area (Å²) in [6.07, 6.45) is 0. The SMILES string of the molecule is O=C1c2ccc([N+](=O)[O-])cc2-c2cccc3cccc1c23. The second-order valence-electron chi connectivity index (χ2n) is 5.03. The predicted molar refractivity (Wildman–Crippen MR) is 79.5 cm³/mol. The Morgan fingerprint density at radius 3 is 2.24 bits per heavy atom. The second kappa shape index (κ2) is 3.99. The quantitative estimate of drug-likeness (QED) is 0.390. The van der Waals surface area contributed by atoms with Gasteiger partial charge in [-0.3, -0.25) is 14.9 Å². The van der Waals surface area contributed by atoms with Crippen molar-refractivity contribution < 1.29 is 9.72 Å². The smallest absolute Gasteiger partial charge is 0.270 e. The number of non-ortho nitro benzene ring substituents is 1. The van der Waals surface area contributed by atoms with Crippen molar-refractivity contribution in [1.29, 1.82) is 0 Å². The number of fused-ring (bicyclic) bond motifs is 2. The minimum atomic E-state index is -0.439. The van der Waals surface area contributed by atoms with Crippen molar-refractivity contribution >= 4 is 22.2 Å². The lowest BCUT2D eigenvalue weighted by molar-refractivity contribution is -0.384. The molecule has 0 aromatic heterocycles. The van der Waals surface area contributed by atoms with Gasteiger partial charge in [0, 0.05) is 34.2 Å². The van der Waals surface area contributed by atoms with E-state index in [0.717, 1.165) is 16.3 Å². The van der Waals surface area contributed by atoms with Crippen LogP contribution in [0.2, 0.25) is 0 Å². The Bertz CT molecular complexity index is 939. The summed E-state index contributed by atoms with van der Waals surface area (Å²) >= 11 is 0. The van der Waals surface area contributed by atoms with E-state index in [0.29, 0.717) is 16.7 Å². The third kappa shape index (κ3) is 1.53. The monoisotopic (exact) mass is 275 g/mol. The molecule has 0 saturated carbocycles. The van der Waals surface area contributed by atoms with Crippen LogP contribution in [-0.2, 0) is 0 Å². The lowest BCUT2D eigenvalue weighted by Gasteiger charge is -2.19. The largest absolute Gasteiger partial charge is 0.289 e. The van der Waals surface area contributed by atoms with Crippen molar-refractivity contribution in [2.24, 2.45) is 0 Å². The fourth-order valence-electron chi connectivity index (χ4n) is 2.97. The second-order valence-corrected chi connectivity index (χ2v) is 5.03. The molecule has 4 rings (SSSR count). The molecular weight excluding hydrogens is 266 g/mol. The molecule has 100 valence electrons. The highest BCUT2D eigenvalue weighted by Crippen LogP contribution is 2.40. The van der Waals surface area contributed by atoms with Gasteiger partial charge in [-0.1, -0.05) is 36.4 Å². The first-order chi connectivity index (χ1) is 10.2. The zero-order chi connectivity index (χ0) is 14.6. The molecule has 0 aliphatic heterocycles. The predicted octanol–water partition coefficient (Wildman–Crippen LogP) is 3.96. The molecule has 0 atom stereocenters. The van der Waals surface area contributed by atoms with Gasteiger partial charge in [-0.05, 0) is 17.0 Å². The van der Waals surface area contributed by atoms with Gasteiger partial charge in [0.25, 0.3) is 5.69 Å². The number of hydrogen-bond acceptors (Lipinski definition) is 3. The fourth-order valence-corrected chi connectivity index (χ4v) is 2.97. The van der Waals surface area contributed by atoms with E-state index in [9.17, 15) is 14.9 Å². The number of nitro benzene ring substituents is 1. The van der Waals surface area contributed by atoms with Crippen LogP contribution in [0.15, 0.2) is 54.6 Å². The van der Waals surface area contributed by atoms with Gasteiger partial charge in [0.2, 0.25) is 0 Å². The van der Waals surface area contributed by atoms with Crippen LogP contribution in [0, 0.1) is 10.1 Å². The first kappa shape index (κ1) is 11.8. The van der Waals surface area contributed by atoms with Crippen molar-refractivity contribution in [1.82, 2.24) is 0 Å². The Morgan fingerprint density at radius 2 is 1.52 bits per heavy atom. The van der Waals surface area contributed by atoms with E-state index in [1.165, 1.54) is 12.1 Å². The normalized spacial score (nSPS) is 12.3. The number of benzene rings is 3. The molecule has 3 aromatic carbocycles. The lowest BCUT2D eigenvalue weighted by Crippen LogP contribution is -2.10. The Hall–Kier alpha value is -3.01. The average Bonchev–Trinajstić information content (AvgIpc) is 2.51. The van der Waals surface area contributed by atoms with Gasteiger partial charge in [-0.2, -0.15) is 0 Å². The maximum atomic E-state index is 12.6. The van der Waals surface area contributed by atoms with Gasteiger partial charge in [0.1, 0.15) is 0 Å². The minimum Gasteiger partial charge on any atom is -0.289 e. The van der Waals surface area contributed by atoms with Crippen molar-refractivity contribution in [3.05, 3.63) is 75.8 Å². The maximum absolute atomic E-state index is 12.6. The molecule has 1 aliphatic carbocycles. The van der Waals surface area contributed by atoms with Gasteiger partial charge >= 0.3 is 0 Å². The number of rotatable bonds is 1. The Kier molecular flexibility index (Phi) is 2.24. The Morgan fingerprint density at radius 1 is 0.810 bits per heavy atom. The van der Waals surface area contributed by atoms with Gasteiger partial charge in [-0.25, -0.2) is 0 Å². The molecule has 0 spiro atoms. The summed E-state index contributed by atoms with van der Waals surface area (Å²) in [5, 5.41) is 12.8. The van der Waals surface area contributed by atoms with E-state index in [-0.39, 0.29) is 11.5 Å². The third-order valence-corrected chi connectivity index (χ3v) is 3.90. The van der Waals surface area contributed by atoms with Gasteiger partial charge in [0.05, 0.1) is 4.92 Å². The van der Waals surface area contributed by atoms with E-state index in [2.05, 4.69) is 0 Å². The highest BCUT2D eigenvalue weighted by atomic mass is 16.6. The van der Waals surface area contributed by atoms with Crippen LogP contribution in [0.4, 0.5) is 5.69 Å². The molecule has 0 heterocycles. The molecule has 3 aromatic rings. The molecule has 0 saturated heterocycles. The molecule has 21 heavy (non-hydrogen) atoms. The van der Waals surface area contributed by atoms with Crippen molar-refractivity contribution in [3.63, 3.8) is 0 Å². The average molecular weight is 275 g/mol. The lowest BCUT2D eigenvalue weighted by atomic mass is 9.83. The van der Waals surface area contributed by atoms with Gasteiger partial charge in [0.15, 0.2) is 5.78 Å². The third-order valence-electron chi connectivity index (χ3n) is 3.90. The highest BCUT2D eigenvalue weighted by molar-refractivity contribution is 6.25. The molecule has 0 fully saturated rings. The number of carbonyl (C=O) groups excluding carboxylic acids is 1. The first-order valence-corrected chi connectivity index (χ1v) is 6.52. The van der Waals surface area contributed by atoms with Crippen molar-refractivity contribution in [2.75, 3.05) is 0 Å². The summed E-state index contributed by atoms with van der Waals surface area (Å²) in [6.45, 7) is 0. The number of nitro groups is 1. The van der Waals surface area contributed by atoms with E-state index >= 15 is 0 Å². The van der Waals surface area contributed by atoms with Crippen LogP contribution in [-0.4, -0.2) is 10.7 Å². The van der Waals surface area contributed by atoms with E-state index in [1.807, 2.05) is 30.3 Å². The maximum Gasteiger partial charge on any atom is 0.270 e. The number of carbonyl (C=O) groups is 1. The first-order valence-electron chi connectivity index (χ1n) is 6.52. The molecular formula is C17H9NO3. The zero-order valence-corrected chi connectivity index (χ0v) is 10.9. The van der Waals surface area contributed by atoms with Gasteiger partial charge < -0.3 is 0 Å². The topological polar surface area (TPSA) is 60.2 Å². The Labute approximate surface area is 119 Å². The summed E-state index contributed by atoms with van der Waals surface area (Å²) in [6, 6.07) is 15.8. The zero-order valence-electron chi connectivity index (χ0n) is 10.9. The summed E-state index contributed by atoms with van der Waals surface area (Å²) in [5.41, 5.74) is 2.69. The minimum absolute atomic E-state index is 0.00191. The molecule has 1 aliphatic rings. The van der Waals surface area contributed by atoms with Crippen LogP contribution >= 0.6 is 0 Å². The van der Waals surface area contributed by atoms with E-state index in [4.69, 9.17) is 0 Å². The molecule has 0 radical (unpaired) electrons.